The number of hydrogen-bond acceptors (Lipinski definition) is 6. The average molecular weight is 389 g/mol. The molecule has 2 heterocycles. The summed E-state index contributed by atoms with van der Waals surface area (Å²) < 4.78 is 12.9. The van der Waals surface area contributed by atoms with Gasteiger partial charge in [-0.15, -0.1) is 0 Å². The second-order valence-electron chi connectivity index (χ2n) is 6.75. The van der Waals surface area contributed by atoms with Crippen molar-refractivity contribution >= 4 is 22.8 Å². The third-order valence-corrected chi connectivity index (χ3v) is 4.75. The van der Waals surface area contributed by atoms with Crippen LogP contribution in [0.2, 0.25) is 0 Å². The van der Waals surface area contributed by atoms with Crippen molar-refractivity contribution in [2.24, 2.45) is 0 Å². The van der Waals surface area contributed by atoms with Crippen LogP contribution in [0.4, 0.5) is 17.2 Å². The monoisotopic (exact) mass is 389 g/mol. The number of methoxy groups -OCH3 is 2. The Bertz CT molecular complexity index is 1140. The predicted molar refractivity (Wildman–Crippen MR) is 116 cm³/mol. The lowest BCUT2D eigenvalue weighted by molar-refractivity contribution is 0.405. The van der Waals surface area contributed by atoms with Gasteiger partial charge in [-0.3, -0.25) is 9.38 Å². The summed E-state index contributed by atoms with van der Waals surface area (Å²) in [6, 6.07) is 13.9. The van der Waals surface area contributed by atoms with Crippen LogP contribution in [-0.4, -0.2) is 42.7 Å². The summed E-state index contributed by atoms with van der Waals surface area (Å²) in [7, 11) is 7.33. The van der Waals surface area contributed by atoms with Crippen molar-refractivity contribution in [3.05, 3.63) is 61.1 Å². The van der Waals surface area contributed by atoms with Crippen LogP contribution >= 0.6 is 0 Å². The van der Waals surface area contributed by atoms with Crippen LogP contribution in [0, 0.1) is 0 Å². The number of imidazole rings is 1. The van der Waals surface area contributed by atoms with Crippen molar-refractivity contribution in [3.8, 4) is 22.8 Å². The summed E-state index contributed by atoms with van der Waals surface area (Å²) >= 11 is 0. The van der Waals surface area contributed by atoms with Gasteiger partial charge in [0.15, 0.2) is 5.65 Å². The summed E-state index contributed by atoms with van der Waals surface area (Å²) in [5.74, 6) is 2.27. The van der Waals surface area contributed by atoms with Crippen molar-refractivity contribution in [1.82, 2.24) is 14.4 Å². The van der Waals surface area contributed by atoms with Crippen LogP contribution in [0.3, 0.4) is 0 Å². The number of aromatic nitrogens is 3. The van der Waals surface area contributed by atoms with E-state index < -0.39 is 0 Å². The van der Waals surface area contributed by atoms with E-state index in [0.29, 0.717) is 5.75 Å². The quantitative estimate of drug-likeness (QED) is 0.533. The van der Waals surface area contributed by atoms with Gasteiger partial charge >= 0.3 is 0 Å². The Morgan fingerprint density at radius 2 is 1.79 bits per heavy atom. The molecule has 0 aliphatic rings. The van der Waals surface area contributed by atoms with Crippen LogP contribution in [0.25, 0.3) is 16.9 Å². The van der Waals surface area contributed by atoms with Crippen LogP contribution in [-0.2, 0) is 0 Å². The lowest BCUT2D eigenvalue weighted by atomic mass is 10.1. The van der Waals surface area contributed by atoms with Crippen molar-refractivity contribution in [2.45, 2.75) is 0 Å². The first-order chi connectivity index (χ1) is 14.1. The van der Waals surface area contributed by atoms with Crippen LogP contribution in [0.15, 0.2) is 61.1 Å². The number of rotatable bonds is 6. The molecule has 0 aliphatic carbocycles. The molecule has 148 valence electrons. The first-order valence-electron chi connectivity index (χ1n) is 9.19. The summed E-state index contributed by atoms with van der Waals surface area (Å²) in [6.45, 7) is 0. The Hall–Kier alpha value is -3.74. The van der Waals surface area contributed by atoms with Gasteiger partial charge in [0.05, 0.1) is 26.1 Å². The highest BCUT2D eigenvalue weighted by Gasteiger charge is 2.17. The summed E-state index contributed by atoms with van der Waals surface area (Å²) in [4.78, 5) is 11.1. The summed E-state index contributed by atoms with van der Waals surface area (Å²) in [6.07, 6.45) is 5.36. The first kappa shape index (κ1) is 18.6. The van der Waals surface area contributed by atoms with E-state index in [4.69, 9.17) is 14.5 Å². The molecule has 2 aromatic heterocycles. The standard InChI is InChI=1S/C22H23N5O2/c1-26(2)16-7-5-15(6-8-16)21-22(27-12-11-23-14-20(27)25-21)24-18-13-17(28-3)9-10-19(18)29-4/h5-14,24H,1-4H3. The smallest absolute Gasteiger partial charge is 0.157 e. The number of fused-ring (bicyclic) bond motifs is 1. The van der Waals surface area contributed by atoms with Crippen molar-refractivity contribution < 1.29 is 9.47 Å². The molecule has 0 aliphatic heterocycles. The van der Waals surface area contributed by atoms with Gasteiger partial charge in [0.2, 0.25) is 0 Å². The minimum absolute atomic E-state index is 0.712. The molecule has 4 aromatic rings. The van der Waals surface area contributed by atoms with Gasteiger partial charge in [-0.1, -0.05) is 12.1 Å². The van der Waals surface area contributed by atoms with Gasteiger partial charge in [0, 0.05) is 43.8 Å². The van der Waals surface area contributed by atoms with Gasteiger partial charge in [-0.2, -0.15) is 0 Å². The SMILES string of the molecule is COc1ccc(OC)c(Nc2c(-c3ccc(N(C)C)cc3)nc3cnccn23)c1. The third-order valence-electron chi connectivity index (χ3n) is 4.75. The minimum Gasteiger partial charge on any atom is -0.497 e. The molecule has 7 nitrogen and oxygen atoms in total. The van der Waals surface area contributed by atoms with Gasteiger partial charge in [-0.25, -0.2) is 4.98 Å². The average Bonchev–Trinajstić information content (AvgIpc) is 3.12. The predicted octanol–water partition coefficient (Wildman–Crippen LogP) is 4.22. The molecule has 1 N–H and O–H groups in total. The van der Waals surface area contributed by atoms with E-state index >= 15 is 0 Å². The molecule has 4 rings (SSSR count). The van der Waals surface area contributed by atoms with E-state index in [1.165, 1.54) is 0 Å². The van der Waals surface area contributed by atoms with Crippen molar-refractivity contribution in [2.75, 3.05) is 38.5 Å². The molecule has 0 bridgehead atoms. The van der Waals surface area contributed by atoms with Crippen LogP contribution < -0.4 is 19.7 Å². The number of nitrogens with zero attached hydrogens (tertiary/aromatic N) is 4. The van der Waals surface area contributed by atoms with Gasteiger partial charge in [0.25, 0.3) is 0 Å². The Labute approximate surface area is 169 Å². The molecule has 0 spiro atoms. The zero-order valence-electron chi connectivity index (χ0n) is 16.9. The molecule has 0 saturated carbocycles. The molecule has 0 unspecified atom stereocenters. The highest BCUT2D eigenvalue weighted by molar-refractivity contribution is 5.81. The van der Waals surface area contributed by atoms with Gasteiger partial charge in [0.1, 0.15) is 23.0 Å². The summed E-state index contributed by atoms with van der Waals surface area (Å²) in [5.41, 5.74) is 4.50. The number of benzene rings is 2. The zero-order valence-corrected chi connectivity index (χ0v) is 16.9. The maximum atomic E-state index is 5.53. The second-order valence-corrected chi connectivity index (χ2v) is 6.75. The van der Waals surface area contributed by atoms with E-state index in [-0.39, 0.29) is 0 Å². The van der Waals surface area contributed by atoms with Crippen LogP contribution in [0.5, 0.6) is 11.5 Å². The lowest BCUT2D eigenvalue weighted by Gasteiger charge is -2.15. The molecule has 0 radical (unpaired) electrons. The fraction of sp³-hybridized carbons (Fsp3) is 0.182. The number of anilines is 3. The molecular weight excluding hydrogens is 366 g/mol. The highest BCUT2D eigenvalue weighted by Crippen LogP contribution is 2.36. The first-order valence-corrected chi connectivity index (χ1v) is 9.19. The van der Waals surface area contributed by atoms with Crippen molar-refractivity contribution in [1.29, 1.82) is 0 Å². The number of hydrogen-bond donors (Lipinski definition) is 1. The Kier molecular flexibility index (Phi) is 4.95. The second kappa shape index (κ2) is 7.71. The van der Waals surface area contributed by atoms with E-state index in [1.54, 1.807) is 26.6 Å². The Balaban J connectivity index is 1.85. The molecule has 0 fully saturated rings. The van der Waals surface area contributed by atoms with E-state index in [9.17, 15) is 0 Å². The zero-order chi connectivity index (χ0) is 20.4. The fourth-order valence-corrected chi connectivity index (χ4v) is 3.18. The molecule has 29 heavy (non-hydrogen) atoms. The molecule has 7 heteroatoms. The lowest BCUT2D eigenvalue weighted by Crippen LogP contribution is -2.08. The van der Waals surface area contributed by atoms with Crippen molar-refractivity contribution in [3.63, 3.8) is 0 Å². The maximum absolute atomic E-state index is 5.53. The van der Waals surface area contributed by atoms with Crippen LogP contribution in [0.1, 0.15) is 0 Å². The Morgan fingerprint density at radius 1 is 1.00 bits per heavy atom. The van der Waals surface area contributed by atoms with E-state index in [1.807, 2.05) is 42.9 Å². The molecule has 2 aromatic carbocycles. The molecule has 0 amide bonds. The Morgan fingerprint density at radius 3 is 2.48 bits per heavy atom. The number of ether oxygens (including phenoxy) is 2. The minimum atomic E-state index is 0.712. The fourth-order valence-electron chi connectivity index (χ4n) is 3.18. The molecule has 0 saturated heterocycles. The molecule has 0 atom stereocenters. The third kappa shape index (κ3) is 3.54. The topological polar surface area (TPSA) is 63.9 Å². The largest absolute Gasteiger partial charge is 0.497 e. The summed E-state index contributed by atoms with van der Waals surface area (Å²) in [5, 5.41) is 3.48. The number of nitrogens with one attached hydrogen (secondary N) is 1. The normalized spacial score (nSPS) is 10.8. The van der Waals surface area contributed by atoms with E-state index in [2.05, 4.69) is 39.5 Å². The molecular formula is C22H23N5O2. The van der Waals surface area contributed by atoms with E-state index in [0.717, 1.165) is 39.8 Å². The van der Waals surface area contributed by atoms with Gasteiger partial charge < -0.3 is 19.7 Å². The highest BCUT2D eigenvalue weighted by atomic mass is 16.5. The maximum Gasteiger partial charge on any atom is 0.157 e. The van der Waals surface area contributed by atoms with Gasteiger partial charge in [-0.05, 0) is 24.3 Å².